The Kier molecular flexibility index (Phi) is 2.10. The maximum absolute atomic E-state index is 11.8. The van der Waals surface area contributed by atoms with Gasteiger partial charge in [-0.1, -0.05) is 28.7 Å². The van der Waals surface area contributed by atoms with E-state index in [1.165, 1.54) is 6.07 Å². The summed E-state index contributed by atoms with van der Waals surface area (Å²) in [6, 6.07) is 10.5. The van der Waals surface area contributed by atoms with E-state index in [1.807, 2.05) is 18.2 Å². The van der Waals surface area contributed by atoms with Crippen molar-refractivity contribution in [3.63, 3.8) is 0 Å². The first-order valence-electron chi connectivity index (χ1n) is 4.08. The Hall–Kier alpha value is -1.97. The number of nitrogens with one attached hydrogen (secondary N) is 1. The number of nitrogens with zero attached hydrogens (tertiary/aromatic N) is 1. The van der Waals surface area contributed by atoms with E-state index in [2.05, 4.69) is 4.98 Å². The number of halogens is 1. The third-order valence-electron chi connectivity index (χ3n) is 1.92. The monoisotopic (exact) mass is 190 g/mol. The fourth-order valence-electron chi connectivity index (χ4n) is 1.24. The fourth-order valence-corrected chi connectivity index (χ4v) is 1.24. The van der Waals surface area contributed by atoms with E-state index in [1.54, 1.807) is 12.1 Å². The first-order valence-corrected chi connectivity index (χ1v) is 4.08. The molecule has 1 amide bonds. The van der Waals surface area contributed by atoms with Crippen molar-refractivity contribution < 1.29 is 9.28 Å². The van der Waals surface area contributed by atoms with Gasteiger partial charge in [-0.05, 0) is 12.1 Å². The van der Waals surface area contributed by atoms with Crippen molar-refractivity contribution >= 4 is 16.8 Å². The van der Waals surface area contributed by atoms with Crippen LogP contribution >= 0.6 is 0 Å². The molecule has 0 spiro atoms. The summed E-state index contributed by atoms with van der Waals surface area (Å²) in [5.74, 6) is -0.823. The standard InChI is InChI=1S/C10H7FN2O/c11-13-10(14)9-6-5-7-3-1-2-4-8(7)12-9/h1-6H,(H,13,14). The quantitative estimate of drug-likeness (QED) is 0.697. The van der Waals surface area contributed by atoms with Crippen molar-refractivity contribution in [1.82, 2.24) is 10.5 Å². The van der Waals surface area contributed by atoms with Crippen LogP contribution in [0.3, 0.4) is 0 Å². The van der Waals surface area contributed by atoms with Crippen LogP contribution in [-0.2, 0) is 0 Å². The van der Waals surface area contributed by atoms with Crippen LogP contribution in [0, 0.1) is 0 Å². The molecular formula is C10H7FN2O. The van der Waals surface area contributed by atoms with Crippen LogP contribution < -0.4 is 5.54 Å². The van der Waals surface area contributed by atoms with Crippen molar-refractivity contribution in [3.8, 4) is 0 Å². The first-order chi connectivity index (χ1) is 6.81. The minimum atomic E-state index is -0.823. The highest BCUT2D eigenvalue weighted by atomic mass is 19.2. The SMILES string of the molecule is O=C(NF)c1ccc2ccccc2n1. The summed E-state index contributed by atoms with van der Waals surface area (Å²) in [5, 5.41) is 0.919. The summed E-state index contributed by atoms with van der Waals surface area (Å²) in [6.45, 7) is 0. The van der Waals surface area contributed by atoms with Crippen LogP contribution in [0.4, 0.5) is 4.48 Å². The van der Waals surface area contributed by atoms with Gasteiger partial charge < -0.3 is 0 Å². The number of hydrogen-bond acceptors (Lipinski definition) is 2. The van der Waals surface area contributed by atoms with E-state index < -0.39 is 5.91 Å². The molecule has 14 heavy (non-hydrogen) atoms. The third kappa shape index (κ3) is 1.42. The molecule has 0 fully saturated rings. The second-order valence-electron chi connectivity index (χ2n) is 2.81. The molecule has 0 atom stereocenters. The zero-order valence-corrected chi connectivity index (χ0v) is 7.20. The molecule has 1 N–H and O–H groups in total. The Morgan fingerprint density at radius 1 is 1.21 bits per heavy atom. The number of amides is 1. The highest BCUT2D eigenvalue weighted by molar-refractivity contribution is 5.94. The van der Waals surface area contributed by atoms with E-state index in [4.69, 9.17) is 0 Å². The Balaban J connectivity index is 2.56. The number of carbonyl (C=O) groups excluding carboxylic acids is 1. The van der Waals surface area contributed by atoms with E-state index in [-0.39, 0.29) is 5.69 Å². The highest BCUT2D eigenvalue weighted by Crippen LogP contribution is 2.11. The Morgan fingerprint density at radius 2 is 2.00 bits per heavy atom. The van der Waals surface area contributed by atoms with Crippen LogP contribution in [0.15, 0.2) is 36.4 Å². The van der Waals surface area contributed by atoms with E-state index >= 15 is 0 Å². The van der Waals surface area contributed by atoms with E-state index in [0.717, 1.165) is 10.9 Å². The molecule has 2 aromatic rings. The number of carbonyl (C=O) groups is 1. The number of benzene rings is 1. The van der Waals surface area contributed by atoms with Crippen molar-refractivity contribution in [1.29, 1.82) is 0 Å². The second kappa shape index (κ2) is 3.41. The lowest BCUT2D eigenvalue weighted by molar-refractivity contribution is 0.0854. The summed E-state index contributed by atoms with van der Waals surface area (Å²) < 4.78 is 11.8. The number of para-hydroxylation sites is 1. The fraction of sp³-hybridized carbons (Fsp3) is 0. The van der Waals surface area contributed by atoms with Crippen molar-refractivity contribution in [2.45, 2.75) is 0 Å². The molecule has 0 aliphatic carbocycles. The van der Waals surface area contributed by atoms with Crippen molar-refractivity contribution in [2.24, 2.45) is 0 Å². The van der Waals surface area contributed by atoms with Gasteiger partial charge >= 0.3 is 0 Å². The molecule has 0 aliphatic heterocycles. The van der Waals surface area contributed by atoms with Gasteiger partial charge in [0.2, 0.25) is 0 Å². The second-order valence-corrected chi connectivity index (χ2v) is 2.81. The topological polar surface area (TPSA) is 42.0 Å². The average molecular weight is 190 g/mol. The third-order valence-corrected chi connectivity index (χ3v) is 1.92. The van der Waals surface area contributed by atoms with E-state index in [0.29, 0.717) is 5.52 Å². The molecule has 0 radical (unpaired) electrons. The molecule has 1 heterocycles. The largest absolute Gasteiger partial charge is 0.297 e. The maximum atomic E-state index is 11.8. The van der Waals surface area contributed by atoms with Gasteiger partial charge in [0.1, 0.15) is 5.69 Å². The van der Waals surface area contributed by atoms with Gasteiger partial charge in [-0.15, -0.1) is 0 Å². The number of hydrogen-bond donors (Lipinski definition) is 1. The smallest absolute Gasteiger partial charge is 0.265 e. The zero-order chi connectivity index (χ0) is 9.97. The molecule has 0 unspecified atom stereocenters. The summed E-state index contributed by atoms with van der Waals surface area (Å²) >= 11 is 0. The van der Waals surface area contributed by atoms with Gasteiger partial charge in [0.25, 0.3) is 5.91 Å². The number of aromatic nitrogens is 1. The summed E-state index contributed by atoms with van der Waals surface area (Å²) in [7, 11) is 0. The molecule has 0 saturated heterocycles. The average Bonchev–Trinajstić information content (AvgIpc) is 2.27. The summed E-state index contributed by atoms with van der Waals surface area (Å²) in [5.41, 5.74) is 1.79. The predicted molar refractivity (Wildman–Crippen MR) is 50.3 cm³/mol. The Labute approximate surface area is 79.5 Å². The molecule has 1 aromatic carbocycles. The van der Waals surface area contributed by atoms with Gasteiger partial charge in [0.05, 0.1) is 5.52 Å². The molecule has 4 heteroatoms. The number of rotatable bonds is 1. The highest BCUT2D eigenvalue weighted by Gasteiger charge is 2.06. The van der Waals surface area contributed by atoms with Gasteiger partial charge in [-0.3, -0.25) is 4.79 Å². The van der Waals surface area contributed by atoms with Crippen LogP contribution in [-0.4, -0.2) is 10.9 Å². The normalized spacial score (nSPS) is 10.1. The number of fused-ring (bicyclic) bond motifs is 1. The van der Waals surface area contributed by atoms with Gasteiger partial charge in [0.15, 0.2) is 0 Å². The molecular weight excluding hydrogens is 183 g/mol. The molecule has 2 rings (SSSR count). The lowest BCUT2D eigenvalue weighted by Crippen LogP contribution is -2.15. The van der Waals surface area contributed by atoms with Gasteiger partial charge in [-0.25, -0.2) is 4.98 Å². The van der Waals surface area contributed by atoms with Crippen molar-refractivity contribution in [3.05, 3.63) is 42.1 Å². The van der Waals surface area contributed by atoms with Crippen LogP contribution in [0.2, 0.25) is 0 Å². The summed E-state index contributed by atoms with van der Waals surface area (Å²) in [6.07, 6.45) is 0. The minimum Gasteiger partial charge on any atom is -0.265 e. The maximum Gasteiger partial charge on any atom is 0.297 e. The molecule has 70 valence electrons. The Bertz CT molecular complexity index is 484. The first kappa shape index (κ1) is 8.62. The Morgan fingerprint density at radius 3 is 2.79 bits per heavy atom. The molecule has 0 saturated carbocycles. The molecule has 1 aromatic heterocycles. The lowest BCUT2D eigenvalue weighted by atomic mass is 10.2. The predicted octanol–water partition coefficient (Wildman–Crippen LogP) is 1.85. The van der Waals surface area contributed by atoms with E-state index in [9.17, 15) is 9.28 Å². The lowest BCUT2D eigenvalue weighted by Gasteiger charge is -1.99. The molecule has 3 nitrogen and oxygen atoms in total. The minimum absolute atomic E-state index is 0.0752. The number of pyridine rings is 1. The van der Waals surface area contributed by atoms with Crippen LogP contribution in [0.5, 0.6) is 0 Å². The van der Waals surface area contributed by atoms with Crippen molar-refractivity contribution in [2.75, 3.05) is 0 Å². The molecule has 0 aliphatic rings. The van der Waals surface area contributed by atoms with Gasteiger partial charge in [0, 0.05) is 5.39 Å². The summed E-state index contributed by atoms with van der Waals surface area (Å²) in [4.78, 5) is 14.9. The molecule has 0 bridgehead atoms. The zero-order valence-electron chi connectivity index (χ0n) is 7.20. The van der Waals surface area contributed by atoms with Gasteiger partial charge in [-0.2, -0.15) is 5.54 Å². The van der Waals surface area contributed by atoms with Crippen LogP contribution in [0.25, 0.3) is 10.9 Å². The van der Waals surface area contributed by atoms with Crippen LogP contribution in [0.1, 0.15) is 10.5 Å².